The van der Waals surface area contributed by atoms with Crippen molar-refractivity contribution >= 4 is 23.4 Å². The third kappa shape index (κ3) is 4.64. The van der Waals surface area contributed by atoms with Gasteiger partial charge in [0.1, 0.15) is 17.3 Å². The van der Waals surface area contributed by atoms with Crippen LogP contribution in [0.4, 0.5) is 10.1 Å². The van der Waals surface area contributed by atoms with Gasteiger partial charge in [-0.05, 0) is 37.3 Å². The Kier molecular flexibility index (Phi) is 6.49. The highest BCUT2D eigenvalue weighted by Crippen LogP contribution is 2.29. The SMILES string of the molecule is COc1ccc(OC)c(CS[C@@H](C)C(=O)Nc2ccccc2F)c1. The number of methoxy groups -OCH3 is 2. The summed E-state index contributed by atoms with van der Waals surface area (Å²) in [5.41, 5.74) is 1.13. The van der Waals surface area contributed by atoms with Gasteiger partial charge < -0.3 is 14.8 Å². The monoisotopic (exact) mass is 349 g/mol. The topological polar surface area (TPSA) is 47.6 Å². The number of para-hydroxylation sites is 1. The van der Waals surface area contributed by atoms with Gasteiger partial charge >= 0.3 is 0 Å². The molecule has 0 aliphatic carbocycles. The number of amides is 1. The highest BCUT2D eigenvalue weighted by Gasteiger charge is 2.16. The lowest BCUT2D eigenvalue weighted by Gasteiger charge is -2.14. The predicted octanol–water partition coefficient (Wildman–Crippen LogP) is 4.10. The predicted molar refractivity (Wildman–Crippen MR) is 95.3 cm³/mol. The van der Waals surface area contributed by atoms with E-state index in [0.29, 0.717) is 5.75 Å². The molecule has 1 N–H and O–H groups in total. The molecule has 128 valence electrons. The van der Waals surface area contributed by atoms with Crippen LogP contribution in [0.2, 0.25) is 0 Å². The average molecular weight is 349 g/mol. The number of halogens is 1. The quantitative estimate of drug-likeness (QED) is 0.817. The van der Waals surface area contributed by atoms with Crippen molar-refractivity contribution in [2.24, 2.45) is 0 Å². The number of hydrogen-bond donors (Lipinski definition) is 1. The molecule has 0 heterocycles. The van der Waals surface area contributed by atoms with Gasteiger partial charge in [0.25, 0.3) is 0 Å². The number of thioether (sulfide) groups is 1. The van der Waals surface area contributed by atoms with Gasteiger partial charge in [-0.25, -0.2) is 4.39 Å². The Bertz CT molecular complexity index is 708. The summed E-state index contributed by atoms with van der Waals surface area (Å²) in [6.45, 7) is 1.79. The second-order valence-electron chi connectivity index (χ2n) is 5.10. The second kappa shape index (κ2) is 8.59. The minimum absolute atomic E-state index is 0.189. The lowest BCUT2D eigenvalue weighted by atomic mass is 10.2. The molecule has 0 radical (unpaired) electrons. The van der Waals surface area contributed by atoms with Crippen molar-refractivity contribution in [3.8, 4) is 11.5 Å². The summed E-state index contributed by atoms with van der Waals surface area (Å²) in [7, 11) is 3.20. The smallest absolute Gasteiger partial charge is 0.237 e. The summed E-state index contributed by atoms with van der Waals surface area (Å²) in [5.74, 6) is 1.36. The first kappa shape index (κ1) is 18.1. The molecule has 0 bridgehead atoms. The Morgan fingerprint density at radius 1 is 1.21 bits per heavy atom. The maximum Gasteiger partial charge on any atom is 0.237 e. The Labute approximate surface area is 145 Å². The number of benzene rings is 2. The van der Waals surface area contributed by atoms with Crippen molar-refractivity contribution < 1.29 is 18.7 Å². The zero-order chi connectivity index (χ0) is 17.5. The summed E-state index contributed by atoms with van der Waals surface area (Å²) in [6, 6.07) is 11.6. The van der Waals surface area contributed by atoms with Crippen molar-refractivity contribution in [3.05, 3.63) is 53.8 Å². The van der Waals surface area contributed by atoms with Crippen LogP contribution < -0.4 is 14.8 Å². The molecule has 6 heteroatoms. The Morgan fingerprint density at radius 3 is 2.62 bits per heavy atom. The highest BCUT2D eigenvalue weighted by atomic mass is 32.2. The van der Waals surface area contributed by atoms with E-state index in [4.69, 9.17) is 9.47 Å². The minimum Gasteiger partial charge on any atom is -0.497 e. The summed E-state index contributed by atoms with van der Waals surface area (Å²) < 4.78 is 24.1. The number of anilines is 1. The van der Waals surface area contributed by atoms with E-state index in [9.17, 15) is 9.18 Å². The maximum atomic E-state index is 13.6. The summed E-state index contributed by atoms with van der Waals surface area (Å²) in [6.07, 6.45) is 0. The van der Waals surface area contributed by atoms with Gasteiger partial charge in [-0.3, -0.25) is 4.79 Å². The van der Waals surface area contributed by atoms with Gasteiger partial charge in [-0.2, -0.15) is 0 Å². The van der Waals surface area contributed by atoms with Crippen LogP contribution in [0, 0.1) is 5.82 Å². The van der Waals surface area contributed by atoms with Gasteiger partial charge in [-0.1, -0.05) is 12.1 Å². The lowest BCUT2D eigenvalue weighted by Crippen LogP contribution is -2.23. The van der Waals surface area contributed by atoms with E-state index in [1.165, 1.54) is 23.9 Å². The number of carbonyl (C=O) groups excluding carboxylic acids is 1. The number of rotatable bonds is 7. The Hall–Kier alpha value is -2.21. The molecule has 2 rings (SSSR count). The standard InChI is InChI=1S/C18H20FNO3S/c1-12(18(21)20-16-7-5-4-6-15(16)19)24-11-13-10-14(22-2)8-9-17(13)23-3/h4-10,12H,11H2,1-3H3,(H,20,21)/t12-/m0/s1. The molecule has 24 heavy (non-hydrogen) atoms. The van der Waals surface area contributed by atoms with E-state index in [1.807, 2.05) is 18.2 Å². The van der Waals surface area contributed by atoms with Gasteiger partial charge in [0, 0.05) is 11.3 Å². The molecule has 2 aromatic rings. The van der Waals surface area contributed by atoms with Crippen LogP contribution in [0.15, 0.2) is 42.5 Å². The maximum absolute atomic E-state index is 13.6. The zero-order valence-corrected chi connectivity index (χ0v) is 14.7. The van der Waals surface area contributed by atoms with Crippen molar-refractivity contribution in [1.82, 2.24) is 0 Å². The van der Waals surface area contributed by atoms with E-state index in [1.54, 1.807) is 33.3 Å². The fraction of sp³-hybridized carbons (Fsp3) is 0.278. The van der Waals surface area contributed by atoms with Gasteiger partial charge in [0.15, 0.2) is 0 Å². The molecule has 0 unspecified atom stereocenters. The van der Waals surface area contributed by atoms with E-state index >= 15 is 0 Å². The summed E-state index contributed by atoms with van der Waals surface area (Å²) in [4.78, 5) is 12.2. The molecule has 0 saturated heterocycles. The molecule has 0 fully saturated rings. The Morgan fingerprint density at radius 2 is 1.96 bits per heavy atom. The van der Waals surface area contributed by atoms with Gasteiger partial charge in [0.05, 0.1) is 25.2 Å². The molecule has 0 saturated carbocycles. The zero-order valence-electron chi connectivity index (χ0n) is 13.8. The van der Waals surface area contributed by atoms with Crippen LogP contribution in [0.25, 0.3) is 0 Å². The van der Waals surface area contributed by atoms with Crippen LogP contribution in [-0.2, 0) is 10.5 Å². The highest BCUT2D eigenvalue weighted by molar-refractivity contribution is 7.99. The van der Waals surface area contributed by atoms with Crippen LogP contribution >= 0.6 is 11.8 Å². The third-order valence-corrected chi connectivity index (χ3v) is 4.67. The molecule has 0 aromatic heterocycles. The molecule has 1 amide bonds. The lowest BCUT2D eigenvalue weighted by molar-refractivity contribution is -0.115. The molecule has 0 spiro atoms. The number of hydrogen-bond acceptors (Lipinski definition) is 4. The number of carbonyl (C=O) groups is 1. The molecule has 1 atom stereocenters. The molecular formula is C18H20FNO3S. The molecular weight excluding hydrogens is 329 g/mol. The molecule has 2 aromatic carbocycles. The van der Waals surface area contributed by atoms with E-state index in [-0.39, 0.29) is 16.8 Å². The largest absolute Gasteiger partial charge is 0.497 e. The van der Waals surface area contributed by atoms with Crippen LogP contribution in [0.3, 0.4) is 0 Å². The van der Waals surface area contributed by atoms with Crippen molar-refractivity contribution in [2.45, 2.75) is 17.9 Å². The molecule has 0 aliphatic heterocycles. The van der Waals surface area contributed by atoms with Crippen molar-refractivity contribution in [3.63, 3.8) is 0 Å². The Balaban J connectivity index is 1.98. The van der Waals surface area contributed by atoms with E-state index < -0.39 is 5.82 Å². The summed E-state index contributed by atoms with van der Waals surface area (Å²) >= 11 is 1.44. The first-order chi connectivity index (χ1) is 11.5. The fourth-order valence-corrected chi connectivity index (χ4v) is 2.95. The van der Waals surface area contributed by atoms with Crippen LogP contribution in [0.5, 0.6) is 11.5 Å². The molecule has 0 aliphatic rings. The number of ether oxygens (including phenoxy) is 2. The summed E-state index contributed by atoms with van der Waals surface area (Å²) in [5, 5.41) is 2.26. The van der Waals surface area contributed by atoms with Crippen molar-refractivity contribution in [1.29, 1.82) is 0 Å². The van der Waals surface area contributed by atoms with Crippen molar-refractivity contribution in [2.75, 3.05) is 19.5 Å². The third-order valence-electron chi connectivity index (χ3n) is 3.48. The average Bonchev–Trinajstić information content (AvgIpc) is 2.61. The van der Waals surface area contributed by atoms with Gasteiger partial charge in [-0.15, -0.1) is 11.8 Å². The van der Waals surface area contributed by atoms with E-state index in [2.05, 4.69) is 5.32 Å². The minimum atomic E-state index is -0.447. The molecule has 4 nitrogen and oxygen atoms in total. The van der Waals surface area contributed by atoms with Crippen LogP contribution in [0.1, 0.15) is 12.5 Å². The number of nitrogens with one attached hydrogen (secondary N) is 1. The first-order valence-electron chi connectivity index (χ1n) is 7.43. The van der Waals surface area contributed by atoms with E-state index in [0.717, 1.165) is 17.1 Å². The fourth-order valence-electron chi connectivity index (χ4n) is 2.08. The second-order valence-corrected chi connectivity index (χ2v) is 6.43. The van der Waals surface area contributed by atoms with Crippen LogP contribution in [-0.4, -0.2) is 25.4 Å². The van der Waals surface area contributed by atoms with Gasteiger partial charge in [0.2, 0.25) is 5.91 Å². The first-order valence-corrected chi connectivity index (χ1v) is 8.48. The normalized spacial score (nSPS) is 11.7.